The molecule has 1 heterocycles. The van der Waals surface area contributed by atoms with Crippen molar-refractivity contribution in [1.29, 1.82) is 0 Å². The molecule has 1 aromatic carbocycles. The zero-order valence-corrected chi connectivity index (χ0v) is 12.8. The van der Waals surface area contributed by atoms with E-state index in [0.29, 0.717) is 0 Å². The Hall–Kier alpha value is -1.61. The lowest BCUT2D eigenvalue weighted by molar-refractivity contribution is 0.662. The van der Waals surface area contributed by atoms with Crippen LogP contribution in [0.1, 0.15) is 32.5 Å². The molecule has 0 fully saturated rings. The highest BCUT2D eigenvalue weighted by Gasteiger charge is 2.09. The van der Waals surface area contributed by atoms with Gasteiger partial charge in [-0.2, -0.15) is 0 Å². The van der Waals surface area contributed by atoms with Gasteiger partial charge in [0.1, 0.15) is 5.82 Å². The minimum atomic E-state index is 0.943. The van der Waals surface area contributed by atoms with Crippen molar-refractivity contribution in [3.8, 4) is 0 Å². The zero-order valence-electron chi connectivity index (χ0n) is 12.8. The molecule has 0 radical (unpaired) electrons. The predicted octanol–water partition coefficient (Wildman–Crippen LogP) is 3.54. The number of benzene rings is 1. The largest absolute Gasteiger partial charge is 0.328 e. The molecule has 20 heavy (non-hydrogen) atoms. The Morgan fingerprint density at radius 1 is 1.35 bits per heavy atom. The molecule has 1 N–H and O–H groups in total. The van der Waals surface area contributed by atoms with Gasteiger partial charge >= 0.3 is 0 Å². The van der Waals surface area contributed by atoms with Crippen molar-refractivity contribution < 1.29 is 0 Å². The van der Waals surface area contributed by atoms with E-state index < -0.39 is 0 Å². The van der Waals surface area contributed by atoms with E-state index in [9.17, 15) is 0 Å². The van der Waals surface area contributed by atoms with Gasteiger partial charge < -0.3 is 9.88 Å². The number of para-hydroxylation sites is 2. The SMILES string of the molecule is CCCn1c(CC(C)=CCCNC)nc2ccccc21. The molecule has 0 aliphatic rings. The van der Waals surface area contributed by atoms with E-state index in [0.717, 1.165) is 37.9 Å². The molecular formula is C17H25N3. The normalized spacial score (nSPS) is 12.2. The lowest BCUT2D eigenvalue weighted by Gasteiger charge is -2.08. The van der Waals surface area contributed by atoms with Crippen molar-refractivity contribution in [3.63, 3.8) is 0 Å². The van der Waals surface area contributed by atoms with Crippen LogP contribution in [0, 0.1) is 0 Å². The summed E-state index contributed by atoms with van der Waals surface area (Å²) in [5.74, 6) is 1.19. The maximum atomic E-state index is 4.81. The first-order valence-corrected chi connectivity index (χ1v) is 7.50. The number of hydrogen-bond donors (Lipinski definition) is 1. The molecule has 2 aromatic rings. The number of aromatic nitrogens is 2. The third-order valence-corrected chi connectivity index (χ3v) is 3.50. The Labute approximate surface area is 121 Å². The van der Waals surface area contributed by atoms with Crippen molar-refractivity contribution >= 4 is 11.0 Å². The fraction of sp³-hybridized carbons (Fsp3) is 0.471. The molecule has 0 aliphatic heterocycles. The van der Waals surface area contributed by atoms with E-state index in [1.807, 2.05) is 7.05 Å². The second-order valence-electron chi connectivity index (χ2n) is 5.29. The van der Waals surface area contributed by atoms with Crippen LogP contribution < -0.4 is 5.32 Å². The lowest BCUT2D eigenvalue weighted by atomic mass is 10.1. The average Bonchev–Trinajstić information content (AvgIpc) is 2.78. The van der Waals surface area contributed by atoms with Crippen LogP contribution >= 0.6 is 0 Å². The summed E-state index contributed by atoms with van der Waals surface area (Å²) >= 11 is 0. The molecule has 108 valence electrons. The van der Waals surface area contributed by atoms with Crippen LogP contribution in [0.15, 0.2) is 35.9 Å². The highest BCUT2D eigenvalue weighted by atomic mass is 15.1. The van der Waals surface area contributed by atoms with Crippen LogP contribution in [-0.4, -0.2) is 23.1 Å². The molecule has 0 saturated carbocycles. The highest BCUT2D eigenvalue weighted by Crippen LogP contribution is 2.18. The first-order valence-electron chi connectivity index (χ1n) is 7.50. The first-order chi connectivity index (χ1) is 9.76. The van der Waals surface area contributed by atoms with Gasteiger partial charge in [0.05, 0.1) is 11.0 Å². The highest BCUT2D eigenvalue weighted by molar-refractivity contribution is 5.75. The quantitative estimate of drug-likeness (QED) is 0.616. The number of fused-ring (bicyclic) bond motifs is 1. The van der Waals surface area contributed by atoms with Crippen LogP contribution in [0.4, 0.5) is 0 Å². The Balaban J connectivity index is 2.24. The molecule has 0 bridgehead atoms. The van der Waals surface area contributed by atoms with E-state index >= 15 is 0 Å². The predicted molar refractivity (Wildman–Crippen MR) is 86.0 cm³/mol. The maximum Gasteiger partial charge on any atom is 0.113 e. The Kier molecular flexibility index (Phi) is 5.36. The van der Waals surface area contributed by atoms with E-state index in [-0.39, 0.29) is 0 Å². The van der Waals surface area contributed by atoms with Gasteiger partial charge in [-0.1, -0.05) is 30.7 Å². The van der Waals surface area contributed by atoms with Crippen molar-refractivity contribution in [2.75, 3.05) is 13.6 Å². The summed E-state index contributed by atoms with van der Waals surface area (Å²) in [5.41, 5.74) is 3.76. The van der Waals surface area contributed by atoms with E-state index in [4.69, 9.17) is 4.98 Å². The van der Waals surface area contributed by atoms with Gasteiger partial charge in [0.25, 0.3) is 0 Å². The van der Waals surface area contributed by atoms with Crippen LogP contribution in [-0.2, 0) is 13.0 Å². The van der Waals surface area contributed by atoms with E-state index in [1.165, 1.54) is 16.9 Å². The van der Waals surface area contributed by atoms with Crippen LogP contribution in [0.2, 0.25) is 0 Å². The standard InChI is InChI=1S/C17H25N3/c1-4-12-20-16-10-6-5-9-15(16)19-17(20)13-14(2)8-7-11-18-3/h5-6,8-10,18H,4,7,11-13H2,1-3H3. The summed E-state index contributed by atoms with van der Waals surface area (Å²) in [6.45, 7) is 6.49. The van der Waals surface area contributed by atoms with Gasteiger partial charge in [-0.3, -0.25) is 0 Å². The molecule has 0 aliphatic carbocycles. The number of nitrogens with zero attached hydrogens (tertiary/aromatic N) is 2. The van der Waals surface area contributed by atoms with Gasteiger partial charge in [0, 0.05) is 13.0 Å². The fourth-order valence-corrected chi connectivity index (χ4v) is 2.52. The second kappa shape index (κ2) is 7.25. The van der Waals surface area contributed by atoms with Crippen molar-refractivity contribution in [2.24, 2.45) is 0 Å². The Morgan fingerprint density at radius 3 is 2.90 bits per heavy atom. The number of hydrogen-bond acceptors (Lipinski definition) is 2. The molecule has 3 heteroatoms. The third kappa shape index (κ3) is 3.48. The fourth-order valence-electron chi connectivity index (χ4n) is 2.52. The van der Waals surface area contributed by atoms with Crippen LogP contribution in [0.5, 0.6) is 0 Å². The second-order valence-corrected chi connectivity index (χ2v) is 5.29. The Morgan fingerprint density at radius 2 is 2.15 bits per heavy atom. The summed E-state index contributed by atoms with van der Waals surface area (Å²) in [5, 5.41) is 3.17. The number of nitrogens with one attached hydrogen (secondary N) is 1. The number of aryl methyl sites for hydroxylation is 1. The summed E-state index contributed by atoms with van der Waals surface area (Å²) in [6, 6.07) is 8.42. The first kappa shape index (κ1) is 14.8. The van der Waals surface area contributed by atoms with Gasteiger partial charge in [-0.25, -0.2) is 4.98 Å². The molecular weight excluding hydrogens is 246 g/mol. The van der Waals surface area contributed by atoms with Crippen LogP contribution in [0.3, 0.4) is 0 Å². The summed E-state index contributed by atoms with van der Waals surface area (Å²) in [6.07, 6.45) is 5.47. The maximum absolute atomic E-state index is 4.81. The minimum Gasteiger partial charge on any atom is -0.328 e. The van der Waals surface area contributed by atoms with E-state index in [2.05, 4.69) is 54.1 Å². The zero-order chi connectivity index (χ0) is 14.4. The van der Waals surface area contributed by atoms with Gasteiger partial charge in [0.15, 0.2) is 0 Å². The number of allylic oxidation sites excluding steroid dienone is 1. The molecule has 0 atom stereocenters. The number of imidazole rings is 1. The third-order valence-electron chi connectivity index (χ3n) is 3.50. The van der Waals surface area contributed by atoms with Gasteiger partial charge in [-0.05, 0) is 45.5 Å². The topological polar surface area (TPSA) is 29.9 Å². The lowest BCUT2D eigenvalue weighted by Crippen LogP contribution is -2.07. The molecule has 2 rings (SSSR count). The van der Waals surface area contributed by atoms with E-state index in [1.54, 1.807) is 0 Å². The molecule has 0 spiro atoms. The van der Waals surface area contributed by atoms with Crippen molar-refractivity contribution in [1.82, 2.24) is 14.9 Å². The molecule has 0 amide bonds. The summed E-state index contributed by atoms with van der Waals surface area (Å²) < 4.78 is 2.37. The monoisotopic (exact) mass is 271 g/mol. The molecule has 0 unspecified atom stereocenters. The molecule has 0 saturated heterocycles. The number of rotatable bonds is 7. The molecule has 1 aromatic heterocycles. The average molecular weight is 271 g/mol. The smallest absolute Gasteiger partial charge is 0.113 e. The van der Waals surface area contributed by atoms with Gasteiger partial charge in [-0.15, -0.1) is 0 Å². The molecule has 3 nitrogen and oxygen atoms in total. The summed E-state index contributed by atoms with van der Waals surface area (Å²) in [7, 11) is 1.99. The summed E-state index contributed by atoms with van der Waals surface area (Å²) in [4.78, 5) is 4.81. The van der Waals surface area contributed by atoms with Gasteiger partial charge in [0.2, 0.25) is 0 Å². The van der Waals surface area contributed by atoms with Crippen molar-refractivity contribution in [2.45, 2.75) is 39.7 Å². The minimum absolute atomic E-state index is 0.943. The van der Waals surface area contributed by atoms with Crippen LogP contribution in [0.25, 0.3) is 11.0 Å². The van der Waals surface area contributed by atoms with Crippen molar-refractivity contribution in [3.05, 3.63) is 41.7 Å². The Bertz CT molecular complexity index is 581.